The van der Waals surface area contributed by atoms with Gasteiger partial charge in [0.05, 0.1) is 7.11 Å². The van der Waals surface area contributed by atoms with E-state index in [1.165, 1.54) is 7.11 Å². The minimum atomic E-state index is -0.132. The fraction of sp³-hybridized carbons (Fsp3) is 0.500. The summed E-state index contributed by atoms with van der Waals surface area (Å²) in [4.78, 5) is 11.6. The molecule has 1 saturated heterocycles. The first-order chi connectivity index (χ1) is 11.7. The second-order valence-electron chi connectivity index (χ2n) is 3.72. The van der Waals surface area contributed by atoms with Crippen LogP contribution >= 0.6 is 28.0 Å². The highest BCUT2D eigenvalue weighted by molar-refractivity contribution is 9.10. The molecule has 1 aromatic rings. The molecule has 0 spiro atoms. The number of halogens is 1. The van der Waals surface area contributed by atoms with Gasteiger partial charge in [0.2, 0.25) is 0 Å². The summed E-state index contributed by atoms with van der Waals surface area (Å²) in [6.07, 6.45) is 2.01. The molecule has 1 heterocycles. The van der Waals surface area contributed by atoms with Gasteiger partial charge in [0.1, 0.15) is 6.04 Å². The minimum absolute atomic E-state index is 0.0324. The van der Waals surface area contributed by atoms with Crippen LogP contribution in [-0.4, -0.2) is 30.2 Å². The van der Waals surface area contributed by atoms with Gasteiger partial charge in [-0.25, -0.2) is 0 Å². The van der Waals surface area contributed by atoms with Crippen molar-refractivity contribution in [1.82, 2.24) is 5.32 Å². The topological polar surface area (TPSA) is 58.6 Å². The maximum atomic E-state index is 10.7. The van der Waals surface area contributed by atoms with Crippen LogP contribution in [0.5, 0.6) is 0 Å². The molecule has 24 heavy (non-hydrogen) atoms. The van der Waals surface area contributed by atoms with Gasteiger partial charge in [-0.2, -0.15) is 0 Å². The van der Waals surface area contributed by atoms with E-state index in [-0.39, 0.29) is 12.0 Å². The molecule has 1 atom stereocenters. The molecule has 0 unspecified atom stereocenters. The molecule has 0 aliphatic carbocycles. The van der Waals surface area contributed by atoms with Gasteiger partial charge in [0.25, 0.3) is 0 Å². The highest BCUT2D eigenvalue weighted by Crippen LogP contribution is 2.17. The van der Waals surface area contributed by atoms with E-state index in [1.807, 2.05) is 52.0 Å². The molecule has 1 fully saturated rings. The third kappa shape index (κ3) is 14.8. The molecule has 2 rings (SSSR count). The molecule has 1 aliphatic rings. The normalized spacial score (nSPS) is 14.0. The average molecular weight is 422 g/mol. The van der Waals surface area contributed by atoms with Crippen LogP contribution in [0.15, 0.2) is 46.8 Å². The van der Waals surface area contributed by atoms with Gasteiger partial charge in [0, 0.05) is 21.4 Å². The first kappa shape index (κ1) is 28.0. The van der Waals surface area contributed by atoms with E-state index in [4.69, 9.17) is 4.55 Å². The van der Waals surface area contributed by atoms with Crippen molar-refractivity contribution < 1.29 is 14.1 Å². The number of carbonyl (C=O) groups excluding carboxylic acids is 1. The van der Waals surface area contributed by atoms with Gasteiger partial charge in [-0.15, -0.1) is 13.2 Å². The van der Waals surface area contributed by atoms with Gasteiger partial charge in [0.15, 0.2) is 0 Å². The summed E-state index contributed by atoms with van der Waals surface area (Å²) in [5, 5.41) is 3.03. The molecular formula is C18H32BrNO3S. The quantitative estimate of drug-likeness (QED) is 0.359. The third-order valence-corrected chi connectivity index (χ3v) is 3.48. The Bertz CT molecular complexity index is 382. The molecule has 0 aromatic heterocycles. The number of ether oxygens (including phenoxy) is 1. The van der Waals surface area contributed by atoms with Crippen molar-refractivity contribution in [3.63, 3.8) is 0 Å². The second-order valence-corrected chi connectivity index (χ2v) is 5.29. The summed E-state index contributed by atoms with van der Waals surface area (Å²) in [6.45, 7) is 14.9. The lowest BCUT2D eigenvalue weighted by molar-refractivity contribution is -0.142. The van der Waals surface area contributed by atoms with Gasteiger partial charge >= 0.3 is 5.97 Å². The van der Waals surface area contributed by atoms with Crippen LogP contribution in [0, 0.1) is 0 Å². The van der Waals surface area contributed by atoms with Crippen LogP contribution in [0.25, 0.3) is 0 Å². The van der Waals surface area contributed by atoms with Crippen molar-refractivity contribution in [3.05, 3.63) is 41.9 Å². The van der Waals surface area contributed by atoms with Crippen molar-refractivity contribution in [2.75, 3.05) is 13.7 Å². The summed E-state index contributed by atoms with van der Waals surface area (Å²) in [5.41, 5.74) is 0. The Morgan fingerprint density at radius 3 is 2.08 bits per heavy atom. The predicted octanol–water partition coefficient (Wildman–Crippen LogP) is 5.78. The molecule has 1 aromatic carbocycles. The molecule has 0 bridgehead atoms. The van der Waals surface area contributed by atoms with Crippen LogP contribution in [0.1, 0.15) is 40.5 Å². The maximum absolute atomic E-state index is 10.7. The van der Waals surface area contributed by atoms with E-state index in [0.29, 0.717) is 0 Å². The Morgan fingerprint density at radius 1 is 1.25 bits per heavy atom. The van der Waals surface area contributed by atoms with E-state index in [0.717, 1.165) is 40.8 Å². The molecule has 1 aliphatic heterocycles. The Morgan fingerprint density at radius 2 is 1.75 bits per heavy atom. The zero-order valence-corrected chi connectivity index (χ0v) is 17.9. The number of esters is 1. The average Bonchev–Trinajstić information content (AvgIpc) is 3.22. The molecule has 0 amide bonds. The van der Waals surface area contributed by atoms with Crippen LogP contribution < -0.4 is 5.32 Å². The minimum Gasteiger partial charge on any atom is -0.468 e. The van der Waals surface area contributed by atoms with Gasteiger partial charge < -0.3 is 14.6 Å². The smallest absolute Gasteiger partial charge is 0.322 e. The number of rotatable bonds is 2. The molecular weight excluding hydrogens is 390 g/mol. The Labute approximate surface area is 160 Å². The lowest BCUT2D eigenvalue weighted by Crippen LogP contribution is -2.31. The summed E-state index contributed by atoms with van der Waals surface area (Å²) in [5.74, 6) is -0.132. The number of hydrogen-bond donors (Lipinski definition) is 2. The molecule has 0 saturated carbocycles. The number of nitrogens with one attached hydrogen (secondary N) is 1. The van der Waals surface area contributed by atoms with Crippen molar-refractivity contribution in [1.29, 1.82) is 0 Å². The largest absolute Gasteiger partial charge is 0.468 e. The van der Waals surface area contributed by atoms with E-state index >= 15 is 0 Å². The van der Waals surface area contributed by atoms with E-state index in [1.54, 1.807) is 0 Å². The lowest BCUT2D eigenvalue weighted by Gasteiger charge is -2.04. The fourth-order valence-electron chi connectivity index (χ4n) is 1.52. The zero-order chi connectivity index (χ0) is 19.4. The van der Waals surface area contributed by atoms with Crippen molar-refractivity contribution in [2.24, 2.45) is 0 Å². The van der Waals surface area contributed by atoms with Gasteiger partial charge in [-0.3, -0.25) is 4.79 Å². The number of hydrogen-bond acceptors (Lipinski definition) is 5. The Balaban J connectivity index is -0.000000281. The summed E-state index contributed by atoms with van der Waals surface area (Å²) in [7, 11) is 1.42. The lowest BCUT2D eigenvalue weighted by atomic mass is 10.2. The van der Waals surface area contributed by atoms with Crippen LogP contribution in [-0.2, 0) is 9.53 Å². The first-order valence-electron chi connectivity index (χ1n) is 8.05. The predicted molar refractivity (Wildman–Crippen MR) is 110 cm³/mol. The zero-order valence-electron chi connectivity index (χ0n) is 15.5. The second kappa shape index (κ2) is 22.2. The molecule has 6 heteroatoms. The summed E-state index contributed by atoms with van der Waals surface area (Å²) >= 11 is 4.04. The summed E-state index contributed by atoms with van der Waals surface area (Å²) in [6, 6.07) is 7.43. The van der Waals surface area contributed by atoms with E-state index in [2.05, 4.69) is 39.1 Å². The van der Waals surface area contributed by atoms with Gasteiger partial charge in [-0.05, 0) is 43.7 Å². The van der Waals surface area contributed by atoms with Crippen molar-refractivity contribution >= 4 is 33.9 Å². The maximum Gasteiger partial charge on any atom is 0.322 e. The van der Waals surface area contributed by atoms with Crippen LogP contribution in [0.2, 0.25) is 0 Å². The summed E-state index contributed by atoms with van der Waals surface area (Å²) < 4.78 is 14.1. The van der Waals surface area contributed by atoms with E-state index < -0.39 is 0 Å². The highest BCUT2D eigenvalue weighted by Gasteiger charge is 2.21. The first-order valence-corrected chi connectivity index (χ1v) is 9.62. The van der Waals surface area contributed by atoms with Crippen molar-refractivity contribution in [2.45, 2.75) is 51.5 Å². The monoisotopic (exact) mass is 421 g/mol. The van der Waals surface area contributed by atoms with Gasteiger partial charge in [-0.1, -0.05) is 43.6 Å². The third-order valence-electron chi connectivity index (χ3n) is 2.47. The number of benzene rings is 1. The fourth-order valence-corrected chi connectivity index (χ4v) is 2.05. The van der Waals surface area contributed by atoms with Crippen LogP contribution in [0.4, 0.5) is 0 Å². The Kier molecular flexibility index (Phi) is 25.9. The molecule has 2 N–H and O–H groups in total. The molecule has 4 nitrogen and oxygen atoms in total. The molecule has 0 radical (unpaired) electrons. The number of methoxy groups -OCH3 is 1. The van der Waals surface area contributed by atoms with E-state index in [9.17, 15) is 4.79 Å². The number of carbonyl (C=O) groups is 1. The van der Waals surface area contributed by atoms with Crippen LogP contribution in [0.3, 0.4) is 0 Å². The van der Waals surface area contributed by atoms with Crippen molar-refractivity contribution in [3.8, 4) is 0 Å². The Hall–Kier alpha value is -0.820. The highest BCUT2D eigenvalue weighted by atomic mass is 79.9. The molecule has 140 valence electrons. The SMILES string of the molecule is C=C.CC.CC.COC(=O)[C@@H]1CCCN1.OSc1ccc(Br)cc1. The standard InChI is InChI=1S/C6H5BrOS.C6H11NO2.2C2H6.C2H4/c7-5-1-3-6(9-8)4-2-5;1-9-6(8)5-3-2-4-7-5;3*1-2/h1-4,8H;5,7H,2-4H2,1H3;2*1-2H3;1-2H2/t;5-;;;/m.0.../s1.